The first-order chi connectivity index (χ1) is 6.33. The van der Waals surface area contributed by atoms with Gasteiger partial charge in [0.05, 0.1) is 0 Å². The van der Waals surface area contributed by atoms with Crippen molar-refractivity contribution in [3.8, 4) is 0 Å². The molecule has 1 aliphatic carbocycles. The Morgan fingerprint density at radius 3 is 2.54 bits per heavy atom. The Kier molecular flexibility index (Phi) is 4.74. The molecule has 0 unspecified atom stereocenters. The van der Waals surface area contributed by atoms with Crippen LogP contribution >= 0.6 is 0 Å². The zero-order valence-corrected chi connectivity index (χ0v) is 8.94. The van der Waals surface area contributed by atoms with Crippen LogP contribution < -0.4 is 11.1 Å². The standard InChI is InChI=1S/C11H24N2/c1-2-11(6-5-7-11)10-13-9-4-3-8-12/h13H,2-10,12H2,1H3. The maximum atomic E-state index is 5.43. The van der Waals surface area contributed by atoms with Gasteiger partial charge in [-0.1, -0.05) is 13.3 Å². The molecular weight excluding hydrogens is 160 g/mol. The van der Waals surface area contributed by atoms with Crippen LogP contribution in [0.25, 0.3) is 0 Å². The molecule has 0 aromatic rings. The lowest BCUT2D eigenvalue weighted by atomic mass is 9.67. The van der Waals surface area contributed by atoms with Crippen LogP contribution in [-0.4, -0.2) is 19.6 Å². The molecule has 0 atom stereocenters. The van der Waals surface area contributed by atoms with E-state index in [1.807, 2.05) is 0 Å². The average molecular weight is 184 g/mol. The van der Waals surface area contributed by atoms with Gasteiger partial charge in [0, 0.05) is 6.54 Å². The second kappa shape index (κ2) is 5.61. The fourth-order valence-corrected chi connectivity index (χ4v) is 2.08. The van der Waals surface area contributed by atoms with Gasteiger partial charge in [-0.15, -0.1) is 0 Å². The zero-order valence-electron chi connectivity index (χ0n) is 8.94. The van der Waals surface area contributed by atoms with Gasteiger partial charge in [0.25, 0.3) is 0 Å². The first-order valence-corrected chi connectivity index (χ1v) is 5.74. The molecule has 2 heteroatoms. The van der Waals surface area contributed by atoms with Crippen molar-refractivity contribution in [1.82, 2.24) is 5.32 Å². The summed E-state index contributed by atoms with van der Waals surface area (Å²) >= 11 is 0. The highest BCUT2D eigenvalue weighted by molar-refractivity contribution is 4.88. The Bertz CT molecular complexity index is 125. The molecule has 13 heavy (non-hydrogen) atoms. The Labute approximate surface area is 82.3 Å². The van der Waals surface area contributed by atoms with E-state index in [0.717, 1.165) is 19.5 Å². The van der Waals surface area contributed by atoms with Crippen molar-refractivity contribution in [2.24, 2.45) is 11.1 Å². The molecule has 0 bridgehead atoms. The first kappa shape index (κ1) is 11.0. The summed E-state index contributed by atoms with van der Waals surface area (Å²) in [4.78, 5) is 0. The van der Waals surface area contributed by atoms with Crippen LogP contribution in [0.2, 0.25) is 0 Å². The highest BCUT2D eigenvalue weighted by Gasteiger charge is 2.34. The summed E-state index contributed by atoms with van der Waals surface area (Å²) in [5, 5.41) is 3.56. The molecule has 0 saturated heterocycles. The third kappa shape index (κ3) is 3.28. The minimum Gasteiger partial charge on any atom is -0.330 e. The van der Waals surface area contributed by atoms with Gasteiger partial charge >= 0.3 is 0 Å². The predicted molar refractivity (Wildman–Crippen MR) is 57.7 cm³/mol. The number of hydrogen-bond acceptors (Lipinski definition) is 2. The second-order valence-corrected chi connectivity index (χ2v) is 4.38. The molecule has 0 aromatic heterocycles. The number of unbranched alkanes of at least 4 members (excludes halogenated alkanes) is 1. The molecule has 2 nitrogen and oxygen atoms in total. The van der Waals surface area contributed by atoms with Gasteiger partial charge in [-0.05, 0) is 50.6 Å². The topological polar surface area (TPSA) is 38.0 Å². The number of nitrogens with one attached hydrogen (secondary N) is 1. The summed E-state index contributed by atoms with van der Waals surface area (Å²) in [5.74, 6) is 0. The van der Waals surface area contributed by atoms with Gasteiger partial charge in [0.1, 0.15) is 0 Å². The number of hydrogen-bond donors (Lipinski definition) is 2. The third-order valence-electron chi connectivity index (χ3n) is 3.47. The Morgan fingerprint density at radius 2 is 2.08 bits per heavy atom. The highest BCUT2D eigenvalue weighted by Crippen LogP contribution is 2.42. The van der Waals surface area contributed by atoms with Crippen molar-refractivity contribution < 1.29 is 0 Å². The molecule has 1 saturated carbocycles. The van der Waals surface area contributed by atoms with Crippen LogP contribution in [0.1, 0.15) is 45.4 Å². The van der Waals surface area contributed by atoms with Crippen LogP contribution in [0.5, 0.6) is 0 Å². The molecule has 0 aliphatic heterocycles. The van der Waals surface area contributed by atoms with E-state index in [1.165, 1.54) is 38.6 Å². The van der Waals surface area contributed by atoms with Crippen molar-refractivity contribution in [1.29, 1.82) is 0 Å². The van der Waals surface area contributed by atoms with E-state index in [0.29, 0.717) is 5.41 Å². The summed E-state index contributed by atoms with van der Waals surface area (Å²) in [6.07, 6.45) is 8.05. The molecule has 0 radical (unpaired) electrons. The summed E-state index contributed by atoms with van der Waals surface area (Å²) in [5.41, 5.74) is 6.10. The van der Waals surface area contributed by atoms with Crippen molar-refractivity contribution in [2.45, 2.75) is 45.4 Å². The lowest BCUT2D eigenvalue weighted by Gasteiger charge is -2.41. The monoisotopic (exact) mass is 184 g/mol. The van der Waals surface area contributed by atoms with E-state index < -0.39 is 0 Å². The Morgan fingerprint density at radius 1 is 1.31 bits per heavy atom. The molecule has 0 heterocycles. The smallest absolute Gasteiger partial charge is 0.000770 e. The van der Waals surface area contributed by atoms with E-state index in [-0.39, 0.29) is 0 Å². The molecule has 0 amide bonds. The van der Waals surface area contributed by atoms with Gasteiger partial charge in [-0.3, -0.25) is 0 Å². The largest absolute Gasteiger partial charge is 0.330 e. The van der Waals surface area contributed by atoms with E-state index in [2.05, 4.69) is 12.2 Å². The zero-order chi connectivity index (χ0) is 9.57. The van der Waals surface area contributed by atoms with Crippen LogP contribution in [-0.2, 0) is 0 Å². The van der Waals surface area contributed by atoms with Crippen LogP contribution in [0, 0.1) is 5.41 Å². The average Bonchev–Trinajstić information content (AvgIpc) is 2.09. The van der Waals surface area contributed by atoms with Gasteiger partial charge in [0.15, 0.2) is 0 Å². The van der Waals surface area contributed by atoms with E-state index in [1.54, 1.807) is 0 Å². The molecular formula is C11H24N2. The molecule has 0 spiro atoms. The van der Waals surface area contributed by atoms with Crippen LogP contribution in [0.15, 0.2) is 0 Å². The minimum atomic E-state index is 0.669. The fraction of sp³-hybridized carbons (Fsp3) is 1.00. The molecule has 78 valence electrons. The summed E-state index contributed by atoms with van der Waals surface area (Å²) in [6.45, 7) is 5.54. The lowest BCUT2D eigenvalue weighted by molar-refractivity contribution is 0.124. The van der Waals surface area contributed by atoms with E-state index in [4.69, 9.17) is 5.73 Å². The van der Waals surface area contributed by atoms with E-state index >= 15 is 0 Å². The van der Waals surface area contributed by atoms with Gasteiger partial charge < -0.3 is 11.1 Å². The van der Waals surface area contributed by atoms with Crippen molar-refractivity contribution in [3.63, 3.8) is 0 Å². The van der Waals surface area contributed by atoms with Crippen molar-refractivity contribution in [2.75, 3.05) is 19.6 Å². The number of rotatable bonds is 7. The minimum absolute atomic E-state index is 0.669. The van der Waals surface area contributed by atoms with Crippen LogP contribution in [0.3, 0.4) is 0 Å². The number of nitrogens with two attached hydrogens (primary N) is 1. The predicted octanol–water partition coefficient (Wildman–Crippen LogP) is 1.90. The fourth-order valence-electron chi connectivity index (χ4n) is 2.08. The van der Waals surface area contributed by atoms with Crippen molar-refractivity contribution in [3.05, 3.63) is 0 Å². The Hall–Kier alpha value is -0.0800. The van der Waals surface area contributed by atoms with Gasteiger partial charge in [0.2, 0.25) is 0 Å². The summed E-state index contributed by atoms with van der Waals surface area (Å²) in [7, 11) is 0. The quantitative estimate of drug-likeness (QED) is 0.593. The molecule has 1 rings (SSSR count). The first-order valence-electron chi connectivity index (χ1n) is 5.74. The Balaban J connectivity index is 1.98. The highest BCUT2D eigenvalue weighted by atomic mass is 14.9. The third-order valence-corrected chi connectivity index (χ3v) is 3.47. The molecule has 3 N–H and O–H groups in total. The SMILES string of the molecule is CCC1(CNCCCCN)CCC1. The van der Waals surface area contributed by atoms with Crippen LogP contribution in [0.4, 0.5) is 0 Å². The lowest BCUT2D eigenvalue weighted by Crippen LogP contribution is -2.39. The summed E-state index contributed by atoms with van der Waals surface area (Å²) in [6, 6.07) is 0. The van der Waals surface area contributed by atoms with Gasteiger partial charge in [-0.2, -0.15) is 0 Å². The van der Waals surface area contributed by atoms with Gasteiger partial charge in [-0.25, -0.2) is 0 Å². The maximum Gasteiger partial charge on any atom is 0.000770 e. The molecule has 1 aliphatic rings. The normalized spacial score (nSPS) is 19.8. The summed E-state index contributed by atoms with van der Waals surface area (Å²) < 4.78 is 0. The maximum absolute atomic E-state index is 5.43. The second-order valence-electron chi connectivity index (χ2n) is 4.38. The van der Waals surface area contributed by atoms with E-state index in [9.17, 15) is 0 Å². The molecule has 0 aromatic carbocycles. The van der Waals surface area contributed by atoms with Crippen molar-refractivity contribution >= 4 is 0 Å². The molecule has 1 fully saturated rings.